The van der Waals surface area contributed by atoms with Crippen LogP contribution in [0.25, 0.3) is 0 Å². The van der Waals surface area contributed by atoms with Crippen molar-refractivity contribution in [2.24, 2.45) is 0 Å². The van der Waals surface area contributed by atoms with Crippen LogP contribution in [-0.4, -0.2) is 36.4 Å². The fourth-order valence-corrected chi connectivity index (χ4v) is 3.17. The van der Waals surface area contributed by atoms with Crippen LogP contribution in [0.1, 0.15) is 43.9 Å². The number of methoxy groups -OCH3 is 1. The Kier molecular flexibility index (Phi) is 8.71. The summed E-state index contributed by atoms with van der Waals surface area (Å²) in [5, 5.41) is 2.82. The molecule has 0 saturated heterocycles. The lowest BCUT2D eigenvalue weighted by Gasteiger charge is -2.29. The van der Waals surface area contributed by atoms with E-state index in [4.69, 9.17) is 4.74 Å². The Balaban J connectivity index is 2.10. The first-order valence-corrected chi connectivity index (χ1v) is 10.3. The van der Waals surface area contributed by atoms with Gasteiger partial charge >= 0.3 is 0 Å². The van der Waals surface area contributed by atoms with Gasteiger partial charge in [0.15, 0.2) is 0 Å². The van der Waals surface area contributed by atoms with Gasteiger partial charge in [-0.1, -0.05) is 43.3 Å². The minimum absolute atomic E-state index is 0.0286. The van der Waals surface area contributed by atoms with Gasteiger partial charge < -0.3 is 15.0 Å². The number of nitrogens with one attached hydrogen (secondary N) is 1. The lowest BCUT2D eigenvalue weighted by atomic mass is 10.0. The molecule has 0 unspecified atom stereocenters. The standard InChI is InChI=1S/C24H32N2O3/c1-5-19-7-9-20(10-8-19)13-16-23(27)26(18(3)24(28)25-6-2)17-21-11-14-22(29-4)15-12-21/h7-12,14-15,18H,5-6,13,16-17H2,1-4H3,(H,25,28)/t18-/m1/s1. The van der Waals surface area contributed by atoms with Crippen molar-refractivity contribution in [2.75, 3.05) is 13.7 Å². The van der Waals surface area contributed by atoms with Gasteiger partial charge in [-0.25, -0.2) is 0 Å². The summed E-state index contributed by atoms with van der Waals surface area (Å²) >= 11 is 0. The van der Waals surface area contributed by atoms with Crippen LogP contribution in [0.5, 0.6) is 5.75 Å². The Morgan fingerprint density at radius 3 is 2.10 bits per heavy atom. The molecule has 2 rings (SSSR count). The fraction of sp³-hybridized carbons (Fsp3) is 0.417. The maximum atomic E-state index is 13.0. The highest BCUT2D eigenvalue weighted by Crippen LogP contribution is 2.16. The number of carbonyl (C=O) groups is 2. The number of likely N-dealkylation sites (N-methyl/N-ethyl adjacent to an activating group) is 1. The second-order valence-corrected chi connectivity index (χ2v) is 7.11. The number of rotatable bonds is 10. The molecule has 0 aliphatic carbocycles. The van der Waals surface area contributed by atoms with Crippen molar-refractivity contribution in [3.63, 3.8) is 0 Å². The molecule has 2 aromatic carbocycles. The monoisotopic (exact) mass is 396 g/mol. The number of hydrogen-bond donors (Lipinski definition) is 1. The Morgan fingerprint density at radius 2 is 1.55 bits per heavy atom. The molecule has 0 bridgehead atoms. The molecule has 5 nitrogen and oxygen atoms in total. The Labute approximate surface area is 174 Å². The average molecular weight is 397 g/mol. The van der Waals surface area contributed by atoms with Crippen molar-refractivity contribution in [3.8, 4) is 5.75 Å². The zero-order chi connectivity index (χ0) is 21.2. The number of benzene rings is 2. The summed E-state index contributed by atoms with van der Waals surface area (Å²) in [6, 6.07) is 15.4. The fourth-order valence-electron chi connectivity index (χ4n) is 3.17. The first-order chi connectivity index (χ1) is 14.0. The van der Waals surface area contributed by atoms with Gasteiger partial charge in [-0.3, -0.25) is 9.59 Å². The number of hydrogen-bond acceptors (Lipinski definition) is 3. The minimum Gasteiger partial charge on any atom is -0.497 e. The number of carbonyl (C=O) groups excluding carboxylic acids is 2. The van der Waals surface area contributed by atoms with E-state index in [1.165, 1.54) is 5.56 Å². The molecular formula is C24H32N2O3. The van der Waals surface area contributed by atoms with E-state index in [-0.39, 0.29) is 11.8 Å². The normalized spacial score (nSPS) is 11.6. The molecule has 0 saturated carbocycles. The van der Waals surface area contributed by atoms with E-state index >= 15 is 0 Å². The zero-order valence-corrected chi connectivity index (χ0v) is 17.9. The smallest absolute Gasteiger partial charge is 0.242 e. The highest BCUT2D eigenvalue weighted by molar-refractivity contribution is 5.87. The third-order valence-electron chi connectivity index (χ3n) is 5.09. The number of aryl methyl sites for hydroxylation is 2. The third-order valence-corrected chi connectivity index (χ3v) is 5.09. The lowest BCUT2D eigenvalue weighted by molar-refractivity contribution is -0.140. The molecule has 2 aromatic rings. The van der Waals surface area contributed by atoms with E-state index in [1.54, 1.807) is 18.9 Å². The molecule has 5 heteroatoms. The molecule has 156 valence electrons. The molecule has 0 aliphatic heterocycles. The van der Waals surface area contributed by atoms with Crippen molar-refractivity contribution in [1.29, 1.82) is 0 Å². The van der Waals surface area contributed by atoms with Gasteiger partial charge in [-0.05, 0) is 55.5 Å². The highest BCUT2D eigenvalue weighted by Gasteiger charge is 2.25. The molecule has 0 spiro atoms. The van der Waals surface area contributed by atoms with Crippen LogP contribution in [0.2, 0.25) is 0 Å². The predicted octanol–water partition coefficient (Wildman–Crippen LogP) is 3.74. The second kappa shape index (κ2) is 11.2. The van der Waals surface area contributed by atoms with Gasteiger partial charge in [0, 0.05) is 19.5 Å². The maximum absolute atomic E-state index is 13.0. The minimum atomic E-state index is -0.535. The zero-order valence-electron chi connectivity index (χ0n) is 17.9. The molecule has 0 aromatic heterocycles. The molecular weight excluding hydrogens is 364 g/mol. The quantitative estimate of drug-likeness (QED) is 0.665. The maximum Gasteiger partial charge on any atom is 0.242 e. The molecule has 0 aliphatic rings. The van der Waals surface area contributed by atoms with Crippen molar-refractivity contribution in [2.45, 2.75) is 52.6 Å². The van der Waals surface area contributed by atoms with Gasteiger partial charge in [0.1, 0.15) is 11.8 Å². The van der Waals surface area contributed by atoms with Gasteiger partial charge in [-0.2, -0.15) is 0 Å². The molecule has 0 fully saturated rings. The van der Waals surface area contributed by atoms with Gasteiger partial charge in [-0.15, -0.1) is 0 Å². The van der Waals surface area contributed by atoms with E-state index in [9.17, 15) is 9.59 Å². The number of nitrogens with zero attached hydrogens (tertiary/aromatic N) is 1. The molecule has 1 N–H and O–H groups in total. The second-order valence-electron chi connectivity index (χ2n) is 7.11. The topological polar surface area (TPSA) is 58.6 Å². The van der Waals surface area contributed by atoms with E-state index in [1.807, 2.05) is 31.2 Å². The van der Waals surface area contributed by atoms with Gasteiger partial charge in [0.25, 0.3) is 0 Å². The average Bonchev–Trinajstić information content (AvgIpc) is 2.76. The molecule has 0 radical (unpaired) electrons. The first kappa shape index (κ1) is 22.5. The summed E-state index contributed by atoms with van der Waals surface area (Å²) in [6.07, 6.45) is 2.02. The summed E-state index contributed by atoms with van der Waals surface area (Å²) in [5.41, 5.74) is 3.37. The number of ether oxygens (including phenoxy) is 1. The van der Waals surface area contributed by atoms with Crippen molar-refractivity contribution >= 4 is 11.8 Å². The van der Waals surface area contributed by atoms with E-state index in [0.717, 1.165) is 23.3 Å². The van der Waals surface area contributed by atoms with Crippen molar-refractivity contribution < 1.29 is 14.3 Å². The van der Waals surface area contributed by atoms with E-state index in [2.05, 4.69) is 36.5 Å². The van der Waals surface area contributed by atoms with Gasteiger partial charge in [0.05, 0.1) is 7.11 Å². The third kappa shape index (κ3) is 6.63. The van der Waals surface area contributed by atoms with E-state index in [0.29, 0.717) is 25.9 Å². The van der Waals surface area contributed by atoms with Crippen LogP contribution in [0.15, 0.2) is 48.5 Å². The van der Waals surface area contributed by atoms with Crippen LogP contribution >= 0.6 is 0 Å². The SMILES string of the molecule is CCNC(=O)[C@@H](C)N(Cc1ccc(OC)cc1)C(=O)CCc1ccc(CC)cc1. The Bertz CT molecular complexity index is 785. The van der Waals surface area contributed by atoms with Crippen LogP contribution in [0.3, 0.4) is 0 Å². The highest BCUT2D eigenvalue weighted by atomic mass is 16.5. The first-order valence-electron chi connectivity index (χ1n) is 10.3. The van der Waals surface area contributed by atoms with Crippen molar-refractivity contribution in [1.82, 2.24) is 10.2 Å². The summed E-state index contributed by atoms with van der Waals surface area (Å²) in [4.78, 5) is 27.1. The Hall–Kier alpha value is -2.82. The van der Waals surface area contributed by atoms with E-state index < -0.39 is 6.04 Å². The van der Waals surface area contributed by atoms with Crippen LogP contribution in [0.4, 0.5) is 0 Å². The summed E-state index contributed by atoms with van der Waals surface area (Å²) in [7, 11) is 1.62. The Morgan fingerprint density at radius 1 is 0.966 bits per heavy atom. The molecule has 0 heterocycles. The lowest BCUT2D eigenvalue weighted by Crippen LogP contribution is -2.47. The largest absolute Gasteiger partial charge is 0.497 e. The van der Waals surface area contributed by atoms with Crippen LogP contribution in [0, 0.1) is 0 Å². The van der Waals surface area contributed by atoms with Crippen LogP contribution in [-0.2, 0) is 29.0 Å². The predicted molar refractivity (Wildman–Crippen MR) is 116 cm³/mol. The summed E-state index contributed by atoms with van der Waals surface area (Å²) in [6.45, 7) is 6.70. The molecule has 1 atom stereocenters. The van der Waals surface area contributed by atoms with Gasteiger partial charge in [0.2, 0.25) is 11.8 Å². The number of amides is 2. The molecule has 29 heavy (non-hydrogen) atoms. The summed E-state index contributed by atoms with van der Waals surface area (Å²) < 4.78 is 5.20. The summed E-state index contributed by atoms with van der Waals surface area (Å²) in [5.74, 6) is 0.597. The van der Waals surface area contributed by atoms with Crippen LogP contribution < -0.4 is 10.1 Å². The van der Waals surface area contributed by atoms with Crippen molar-refractivity contribution in [3.05, 3.63) is 65.2 Å². The molecule has 2 amide bonds.